The van der Waals surface area contributed by atoms with Crippen molar-refractivity contribution in [1.82, 2.24) is 0 Å². The maximum absolute atomic E-state index is 3.67. The van der Waals surface area contributed by atoms with Crippen molar-refractivity contribution < 1.29 is 0 Å². The summed E-state index contributed by atoms with van der Waals surface area (Å²) in [6.07, 6.45) is 24.9. The third-order valence-electron chi connectivity index (χ3n) is 2.81. The minimum Gasteiger partial charge on any atom is -0.0991 e. The van der Waals surface area contributed by atoms with E-state index in [4.69, 9.17) is 0 Å². The molecule has 102 valence electrons. The summed E-state index contributed by atoms with van der Waals surface area (Å²) >= 11 is 0. The van der Waals surface area contributed by atoms with E-state index < -0.39 is 0 Å². The molecule has 0 fully saturated rings. The number of rotatable bonds is 2. The minimum absolute atomic E-state index is 1.19. The van der Waals surface area contributed by atoms with Crippen LogP contribution in [-0.2, 0) is 0 Å². The largest absolute Gasteiger partial charge is 0.0991 e. The summed E-state index contributed by atoms with van der Waals surface area (Å²) in [6, 6.07) is 0. The lowest BCUT2D eigenvalue weighted by molar-refractivity contribution is 1.44. The normalized spacial score (nSPS) is 19.1. The topological polar surface area (TPSA) is 0 Å². The molecule has 0 nitrogen and oxygen atoms in total. The van der Waals surface area contributed by atoms with Gasteiger partial charge in [-0.2, -0.15) is 0 Å². The molecule has 2 radical (unpaired) electrons. The second-order valence-electron chi connectivity index (χ2n) is 4.28. The molecular weight excluding hydrogens is 240 g/mol. The third-order valence-corrected chi connectivity index (χ3v) is 2.81. The van der Waals surface area contributed by atoms with E-state index in [0.717, 1.165) is 0 Å². The third kappa shape index (κ3) is 4.89. The minimum atomic E-state index is 1.19. The van der Waals surface area contributed by atoms with Crippen LogP contribution in [0.25, 0.3) is 0 Å². The Hall–Kier alpha value is -2.08. The van der Waals surface area contributed by atoms with E-state index in [1.54, 1.807) is 13.0 Å². The quantitative estimate of drug-likeness (QED) is 0.565. The molecule has 0 aromatic rings. The summed E-state index contributed by atoms with van der Waals surface area (Å²) in [5.41, 5.74) is 4.94. The molecular formula is C20H22. The highest BCUT2D eigenvalue weighted by Crippen LogP contribution is 2.26. The molecule has 2 aliphatic rings. The first-order chi connectivity index (χ1) is 9.79. The highest BCUT2D eigenvalue weighted by atomic mass is 14.1. The van der Waals surface area contributed by atoms with Gasteiger partial charge in [-0.25, -0.2) is 0 Å². The first-order valence-electron chi connectivity index (χ1n) is 6.80. The van der Waals surface area contributed by atoms with E-state index in [0.29, 0.717) is 0 Å². The van der Waals surface area contributed by atoms with Crippen molar-refractivity contribution in [2.45, 2.75) is 13.8 Å². The molecule has 0 amide bonds. The van der Waals surface area contributed by atoms with Gasteiger partial charge in [-0.1, -0.05) is 92.8 Å². The molecule has 20 heavy (non-hydrogen) atoms. The van der Waals surface area contributed by atoms with Crippen LogP contribution in [0.4, 0.5) is 0 Å². The second kappa shape index (κ2) is 8.92. The van der Waals surface area contributed by atoms with Gasteiger partial charge in [-0.05, 0) is 23.6 Å². The highest BCUT2D eigenvalue weighted by Gasteiger charge is 2.08. The molecule has 2 rings (SSSR count). The first kappa shape index (κ1) is 16.0. The van der Waals surface area contributed by atoms with Gasteiger partial charge in [0, 0.05) is 6.42 Å². The summed E-state index contributed by atoms with van der Waals surface area (Å²) in [4.78, 5) is 0. The lowest BCUT2D eigenvalue weighted by Gasteiger charge is -2.04. The van der Waals surface area contributed by atoms with Gasteiger partial charge in [-0.15, -0.1) is 0 Å². The molecule has 0 aromatic heterocycles. The van der Waals surface area contributed by atoms with E-state index in [9.17, 15) is 0 Å². The monoisotopic (exact) mass is 262 g/mol. The Morgan fingerprint density at radius 3 is 2.45 bits per heavy atom. The lowest BCUT2D eigenvalue weighted by Crippen LogP contribution is -1.88. The van der Waals surface area contributed by atoms with Crippen LogP contribution in [0.15, 0.2) is 95.7 Å². The Balaban J connectivity index is 0.000000956. The van der Waals surface area contributed by atoms with Gasteiger partial charge in [0.15, 0.2) is 0 Å². The van der Waals surface area contributed by atoms with Gasteiger partial charge in [0.25, 0.3) is 0 Å². The van der Waals surface area contributed by atoms with Gasteiger partial charge < -0.3 is 0 Å². The maximum atomic E-state index is 3.67. The molecule has 0 heteroatoms. The van der Waals surface area contributed by atoms with Crippen LogP contribution in [0.1, 0.15) is 13.8 Å². The van der Waals surface area contributed by atoms with E-state index in [2.05, 4.69) is 75.5 Å². The van der Waals surface area contributed by atoms with E-state index in [1.165, 1.54) is 22.3 Å². The molecule has 0 atom stereocenters. The predicted octanol–water partition coefficient (Wildman–Crippen LogP) is 5.64. The first-order valence-corrected chi connectivity index (χ1v) is 6.80. The fraction of sp³-hybridized carbons (Fsp3) is 0.100. The molecule has 0 saturated heterocycles. The molecule has 2 aliphatic carbocycles. The zero-order valence-corrected chi connectivity index (χ0v) is 12.3. The number of hydrogen-bond acceptors (Lipinski definition) is 0. The Bertz CT molecular complexity index is 541. The Morgan fingerprint density at radius 1 is 0.900 bits per heavy atom. The Kier molecular flexibility index (Phi) is 7.13. The van der Waals surface area contributed by atoms with Crippen molar-refractivity contribution in [3.63, 3.8) is 0 Å². The van der Waals surface area contributed by atoms with Crippen LogP contribution in [0.5, 0.6) is 0 Å². The van der Waals surface area contributed by atoms with Crippen molar-refractivity contribution in [3.05, 3.63) is 109 Å². The van der Waals surface area contributed by atoms with Gasteiger partial charge in [0.1, 0.15) is 0 Å². The number of hydrogen-bond donors (Lipinski definition) is 0. The van der Waals surface area contributed by atoms with Crippen LogP contribution < -0.4 is 0 Å². The summed E-state index contributed by atoms with van der Waals surface area (Å²) < 4.78 is 0. The van der Waals surface area contributed by atoms with Crippen LogP contribution in [0, 0.1) is 13.3 Å². The average molecular weight is 262 g/mol. The van der Waals surface area contributed by atoms with Gasteiger partial charge in [-0.3, -0.25) is 0 Å². The summed E-state index contributed by atoms with van der Waals surface area (Å²) in [5, 5.41) is 0. The zero-order chi connectivity index (χ0) is 14.8. The fourth-order valence-corrected chi connectivity index (χ4v) is 1.81. The molecule has 0 heterocycles. The van der Waals surface area contributed by atoms with E-state index in [1.807, 2.05) is 12.2 Å². The van der Waals surface area contributed by atoms with Crippen LogP contribution in [0.2, 0.25) is 0 Å². The molecule has 0 N–H and O–H groups in total. The smallest absolute Gasteiger partial charge is 0.0205 e. The lowest BCUT2D eigenvalue weighted by atomic mass is 9.99. The second-order valence-corrected chi connectivity index (χ2v) is 4.28. The van der Waals surface area contributed by atoms with Crippen LogP contribution in [-0.4, -0.2) is 0 Å². The summed E-state index contributed by atoms with van der Waals surface area (Å²) in [6.45, 7) is 10.8. The van der Waals surface area contributed by atoms with Gasteiger partial charge in [0.2, 0.25) is 0 Å². The Morgan fingerprint density at radius 2 is 1.70 bits per heavy atom. The van der Waals surface area contributed by atoms with Crippen molar-refractivity contribution >= 4 is 0 Å². The fourth-order valence-electron chi connectivity index (χ4n) is 1.81. The Labute approximate surface area is 123 Å². The van der Waals surface area contributed by atoms with Crippen LogP contribution >= 0.6 is 0 Å². The molecule has 0 spiro atoms. The zero-order valence-electron chi connectivity index (χ0n) is 12.3. The molecule has 0 bridgehead atoms. The van der Waals surface area contributed by atoms with Crippen molar-refractivity contribution in [2.24, 2.45) is 0 Å². The predicted molar refractivity (Wildman–Crippen MR) is 91.0 cm³/mol. The van der Waals surface area contributed by atoms with Crippen molar-refractivity contribution in [2.75, 3.05) is 0 Å². The average Bonchev–Trinajstić information content (AvgIpc) is 2.76. The maximum Gasteiger partial charge on any atom is 0.0205 e. The summed E-state index contributed by atoms with van der Waals surface area (Å²) in [5.74, 6) is 0. The van der Waals surface area contributed by atoms with Crippen molar-refractivity contribution in [3.8, 4) is 0 Å². The SMILES string of the molecule is C=C/C=C\C=C1\[CH]C2=CC=C(C)C=CC2=CC=C1.[CH2]C. The molecule has 0 aromatic carbocycles. The number of fused-ring (bicyclic) bond motifs is 1. The standard InChI is InChI=1S/C18H17.C2H5/c1-3-4-5-7-16-8-6-9-17-12-10-15(2)11-13-18(17)14-16;1-2/h3-14H,1H2,2H3;1H2,2H3/b5-4-,16-7+;. The summed E-state index contributed by atoms with van der Waals surface area (Å²) in [7, 11) is 0. The van der Waals surface area contributed by atoms with Crippen LogP contribution in [0.3, 0.4) is 0 Å². The van der Waals surface area contributed by atoms with Gasteiger partial charge in [0.05, 0.1) is 0 Å². The molecule has 0 saturated carbocycles. The molecule has 0 unspecified atom stereocenters. The number of allylic oxidation sites excluding steroid dienone is 15. The highest BCUT2D eigenvalue weighted by molar-refractivity contribution is 5.59. The van der Waals surface area contributed by atoms with E-state index in [-0.39, 0.29) is 0 Å². The molecule has 0 aliphatic heterocycles. The van der Waals surface area contributed by atoms with E-state index >= 15 is 0 Å². The van der Waals surface area contributed by atoms with Crippen molar-refractivity contribution in [1.29, 1.82) is 0 Å². The van der Waals surface area contributed by atoms with Gasteiger partial charge >= 0.3 is 0 Å².